The largest absolute Gasteiger partial charge is 0.309 e. The third kappa shape index (κ3) is 2.86. The highest BCUT2D eigenvalue weighted by Gasteiger charge is 2.13. The van der Waals surface area contributed by atoms with Crippen molar-refractivity contribution in [2.24, 2.45) is 0 Å². The normalized spacial score (nSPS) is 13.3. The minimum absolute atomic E-state index is 0.0271. The quantitative estimate of drug-likeness (QED) is 0.735. The summed E-state index contributed by atoms with van der Waals surface area (Å²) in [6, 6.07) is 10.3. The Kier molecular flexibility index (Phi) is 3.62. The Morgan fingerprint density at radius 3 is 2.91 bits per heavy atom. The summed E-state index contributed by atoms with van der Waals surface area (Å²) in [5.41, 5.74) is 6.16. The molecular weight excluding hydrogens is 304 g/mol. The lowest BCUT2D eigenvalue weighted by Crippen LogP contribution is -2.19. The molecule has 0 saturated carbocycles. The van der Waals surface area contributed by atoms with Gasteiger partial charge in [-0.05, 0) is 55.0 Å². The summed E-state index contributed by atoms with van der Waals surface area (Å²) >= 11 is 1.61. The molecule has 1 aliphatic rings. The van der Waals surface area contributed by atoms with E-state index in [2.05, 4.69) is 23.6 Å². The molecule has 0 aliphatic heterocycles. The number of pyridine rings is 1. The Morgan fingerprint density at radius 2 is 2.04 bits per heavy atom. The zero-order valence-electron chi connectivity index (χ0n) is 13.1. The highest BCUT2D eigenvalue weighted by Crippen LogP contribution is 2.28. The molecule has 3 nitrogen and oxygen atoms in total. The summed E-state index contributed by atoms with van der Waals surface area (Å²) < 4.78 is 1.71. The van der Waals surface area contributed by atoms with Gasteiger partial charge < -0.3 is 4.57 Å². The van der Waals surface area contributed by atoms with Crippen molar-refractivity contribution in [1.82, 2.24) is 9.55 Å². The Balaban J connectivity index is 1.60. The van der Waals surface area contributed by atoms with Gasteiger partial charge >= 0.3 is 0 Å². The van der Waals surface area contributed by atoms with Gasteiger partial charge in [-0.3, -0.25) is 4.79 Å². The van der Waals surface area contributed by atoms with Crippen molar-refractivity contribution in [2.45, 2.75) is 32.7 Å². The van der Waals surface area contributed by atoms with E-state index in [1.54, 1.807) is 22.0 Å². The van der Waals surface area contributed by atoms with Gasteiger partial charge in [0.2, 0.25) is 0 Å². The number of hydrogen-bond acceptors (Lipinski definition) is 3. The van der Waals surface area contributed by atoms with Gasteiger partial charge in [-0.15, -0.1) is 11.3 Å². The maximum absolute atomic E-state index is 12.0. The fourth-order valence-electron chi connectivity index (χ4n) is 3.13. The summed E-state index contributed by atoms with van der Waals surface area (Å²) in [5.74, 6) is 0. The van der Waals surface area contributed by atoms with E-state index in [9.17, 15) is 4.79 Å². The van der Waals surface area contributed by atoms with Crippen molar-refractivity contribution in [3.8, 4) is 11.3 Å². The van der Waals surface area contributed by atoms with Crippen LogP contribution in [0.2, 0.25) is 0 Å². The molecule has 2 aromatic heterocycles. The van der Waals surface area contributed by atoms with Crippen molar-refractivity contribution >= 4 is 11.3 Å². The van der Waals surface area contributed by atoms with E-state index < -0.39 is 0 Å². The fourth-order valence-corrected chi connectivity index (χ4v) is 3.93. The maximum Gasteiger partial charge on any atom is 0.251 e. The van der Waals surface area contributed by atoms with Crippen LogP contribution in [0.5, 0.6) is 0 Å². The molecule has 116 valence electrons. The van der Waals surface area contributed by atoms with Crippen LogP contribution >= 0.6 is 11.3 Å². The second-order valence-electron chi connectivity index (χ2n) is 6.13. The molecule has 2 heterocycles. The number of fused-ring (bicyclic) bond motifs is 1. The highest BCUT2D eigenvalue weighted by molar-refractivity contribution is 7.09. The smallest absolute Gasteiger partial charge is 0.251 e. The van der Waals surface area contributed by atoms with Crippen molar-refractivity contribution < 1.29 is 0 Å². The number of thiazole rings is 1. The Labute approximate surface area is 139 Å². The van der Waals surface area contributed by atoms with Gasteiger partial charge in [0.15, 0.2) is 0 Å². The predicted octanol–water partition coefficient (Wildman–Crippen LogP) is 3.82. The SMILES string of the molecule is Cc1ccn(Cc2nc(-c3ccc4c(c3)CCC4)cs2)c(=O)c1. The van der Waals surface area contributed by atoms with Crippen molar-refractivity contribution in [2.75, 3.05) is 0 Å². The molecule has 0 bridgehead atoms. The summed E-state index contributed by atoms with van der Waals surface area (Å²) in [5, 5.41) is 3.05. The highest BCUT2D eigenvalue weighted by atomic mass is 32.1. The first kappa shape index (κ1) is 14.4. The summed E-state index contributed by atoms with van der Waals surface area (Å²) in [6.45, 7) is 2.47. The molecule has 0 fully saturated rings. The average molecular weight is 322 g/mol. The number of aromatic nitrogens is 2. The Morgan fingerprint density at radius 1 is 1.17 bits per heavy atom. The topological polar surface area (TPSA) is 34.9 Å². The molecule has 3 aromatic rings. The van der Waals surface area contributed by atoms with Crippen LogP contribution in [0.4, 0.5) is 0 Å². The van der Waals surface area contributed by atoms with E-state index in [4.69, 9.17) is 4.98 Å². The van der Waals surface area contributed by atoms with Crippen LogP contribution in [-0.4, -0.2) is 9.55 Å². The van der Waals surface area contributed by atoms with E-state index in [1.807, 2.05) is 19.2 Å². The van der Waals surface area contributed by atoms with E-state index in [-0.39, 0.29) is 5.56 Å². The number of hydrogen-bond donors (Lipinski definition) is 0. The number of rotatable bonds is 3. The third-order valence-electron chi connectivity index (χ3n) is 4.40. The fraction of sp³-hybridized carbons (Fsp3) is 0.263. The van der Waals surface area contributed by atoms with Crippen LogP contribution in [0.3, 0.4) is 0 Å². The second kappa shape index (κ2) is 5.78. The molecular formula is C19H18N2OS. The number of nitrogens with zero attached hydrogens (tertiary/aromatic N) is 2. The molecule has 4 heteroatoms. The van der Waals surface area contributed by atoms with Gasteiger partial charge in [-0.25, -0.2) is 4.98 Å². The molecule has 0 saturated heterocycles. The molecule has 0 unspecified atom stereocenters. The van der Waals surface area contributed by atoms with E-state index in [1.165, 1.54) is 36.0 Å². The molecule has 4 rings (SSSR count). The number of benzene rings is 1. The van der Waals surface area contributed by atoms with Crippen LogP contribution in [-0.2, 0) is 19.4 Å². The standard InChI is InChI=1S/C19H18N2OS/c1-13-7-8-21(19(22)9-13)11-18-20-17(12-23-18)16-6-5-14-3-2-4-15(14)10-16/h5-10,12H,2-4,11H2,1H3. The molecule has 0 atom stereocenters. The molecule has 0 spiro atoms. The van der Waals surface area contributed by atoms with Crippen molar-refractivity contribution in [3.63, 3.8) is 0 Å². The van der Waals surface area contributed by atoms with Crippen LogP contribution in [0.25, 0.3) is 11.3 Å². The zero-order valence-corrected chi connectivity index (χ0v) is 13.9. The van der Waals surface area contributed by atoms with Gasteiger partial charge in [0, 0.05) is 23.2 Å². The molecule has 0 N–H and O–H groups in total. The number of aryl methyl sites for hydroxylation is 3. The van der Waals surface area contributed by atoms with Gasteiger partial charge in [0.1, 0.15) is 5.01 Å². The summed E-state index contributed by atoms with van der Waals surface area (Å²) in [7, 11) is 0. The molecule has 1 aromatic carbocycles. The molecule has 23 heavy (non-hydrogen) atoms. The lowest BCUT2D eigenvalue weighted by Gasteiger charge is -2.03. The second-order valence-corrected chi connectivity index (χ2v) is 7.08. The van der Waals surface area contributed by atoms with Crippen molar-refractivity contribution in [3.05, 3.63) is 74.0 Å². The van der Waals surface area contributed by atoms with Gasteiger partial charge in [0.25, 0.3) is 5.56 Å². The summed E-state index contributed by atoms with van der Waals surface area (Å²) in [6.07, 6.45) is 5.48. The molecule has 0 radical (unpaired) electrons. The van der Waals surface area contributed by atoms with Gasteiger partial charge in [-0.2, -0.15) is 0 Å². The minimum Gasteiger partial charge on any atom is -0.309 e. The first-order valence-corrected chi connectivity index (χ1v) is 8.81. The van der Waals surface area contributed by atoms with E-state index >= 15 is 0 Å². The Bertz CT molecular complexity index is 923. The van der Waals surface area contributed by atoms with Gasteiger partial charge in [-0.1, -0.05) is 12.1 Å². The minimum atomic E-state index is 0.0271. The first-order valence-electron chi connectivity index (χ1n) is 7.93. The van der Waals surface area contributed by atoms with E-state index in [0.29, 0.717) is 6.54 Å². The summed E-state index contributed by atoms with van der Waals surface area (Å²) in [4.78, 5) is 16.7. The van der Waals surface area contributed by atoms with Crippen LogP contribution in [0.1, 0.15) is 28.1 Å². The molecule has 1 aliphatic carbocycles. The van der Waals surface area contributed by atoms with E-state index in [0.717, 1.165) is 16.3 Å². The van der Waals surface area contributed by atoms with Crippen molar-refractivity contribution in [1.29, 1.82) is 0 Å². The third-order valence-corrected chi connectivity index (χ3v) is 5.24. The average Bonchev–Trinajstić information content (AvgIpc) is 3.18. The predicted molar refractivity (Wildman–Crippen MR) is 94.1 cm³/mol. The van der Waals surface area contributed by atoms with Crippen LogP contribution in [0, 0.1) is 6.92 Å². The van der Waals surface area contributed by atoms with Crippen LogP contribution in [0.15, 0.2) is 46.7 Å². The molecule has 0 amide bonds. The zero-order chi connectivity index (χ0) is 15.8. The Hall–Kier alpha value is -2.20. The maximum atomic E-state index is 12.0. The van der Waals surface area contributed by atoms with Crippen LogP contribution < -0.4 is 5.56 Å². The monoisotopic (exact) mass is 322 g/mol. The lowest BCUT2D eigenvalue weighted by atomic mass is 10.1. The van der Waals surface area contributed by atoms with Gasteiger partial charge in [0.05, 0.1) is 12.2 Å². The lowest BCUT2D eigenvalue weighted by molar-refractivity contribution is 0.752. The first-order chi connectivity index (χ1) is 11.2.